The molecule has 322 valence electrons. The summed E-state index contributed by atoms with van der Waals surface area (Å²) in [7, 11) is 4.34. The Morgan fingerprint density at radius 2 is 1.11 bits per heavy atom. The lowest BCUT2D eigenvalue weighted by Gasteiger charge is -2.28. The van der Waals surface area contributed by atoms with Crippen LogP contribution in [0.15, 0.2) is 91.1 Å². The van der Waals surface area contributed by atoms with Gasteiger partial charge in [-0.25, -0.2) is 19.2 Å². The van der Waals surface area contributed by atoms with Crippen LogP contribution in [0.2, 0.25) is 0 Å². The number of anilines is 2. The van der Waals surface area contributed by atoms with Gasteiger partial charge < -0.3 is 23.7 Å². The van der Waals surface area contributed by atoms with Gasteiger partial charge in [-0.3, -0.25) is 15.2 Å². The molecule has 61 heavy (non-hydrogen) atoms. The van der Waals surface area contributed by atoms with E-state index in [1.54, 1.807) is 42.5 Å². The highest BCUT2D eigenvalue weighted by molar-refractivity contribution is 5.92. The fourth-order valence-corrected chi connectivity index (χ4v) is 6.32. The number of methoxy groups -OCH3 is 3. The maximum atomic E-state index is 13.4. The van der Waals surface area contributed by atoms with Crippen molar-refractivity contribution in [2.75, 3.05) is 31.5 Å². The Labute approximate surface area is 359 Å². The Kier molecular flexibility index (Phi) is 15.4. The summed E-state index contributed by atoms with van der Waals surface area (Å²) in [6, 6.07) is 25.9. The predicted octanol–water partition coefficient (Wildman–Crippen LogP) is 11.2. The van der Waals surface area contributed by atoms with E-state index in [1.807, 2.05) is 130 Å². The molecule has 1 N–H and O–H groups in total. The number of hydrogen-bond donors (Lipinski definition) is 1. The van der Waals surface area contributed by atoms with Crippen molar-refractivity contribution in [2.45, 2.75) is 87.0 Å². The number of hydrogen-bond acceptors (Lipinski definition) is 10. The lowest BCUT2D eigenvalue weighted by atomic mass is 10.0. The van der Waals surface area contributed by atoms with Gasteiger partial charge >= 0.3 is 24.1 Å². The van der Waals surface area contributed by atoms with E-state index in [9.17, 15) is 19.2 Å². The minimum atomic E-state index is -0.668. The largest absolute Gasteiger partial charge is 0.496 e. The molecule has 4 aromatic carbocycles. The van der Waals surface area contributed by atoms with Gasteiger partial charge in [-0.2, -0.15) is 0 Å². The van der Waals surface area contributed by atoms with Gasteiger partial charge in [-0.1, -0.05) is 36.4 Å². The van der Waals surface area contributed by atoms with Crippen LogP contribution >= 0.6 is 0 Å². The van der Waals surface area contributed by atoms with Crippen molar-refractivity contribution in [2.24, 2.45) is 0 Å². The molecule has 0 aliphatic carbocycles. The topological polar surface area (TPSA) is 143 Å². The van der Waals surface area contributed by atoms with E-state index in [1.165, 1.54) is 14.2 Å². The molecule has 12 heteroatoms. The SMILES string of the molecule is COC(=O)c1ccc(-c2cc(C)cc(N(Cc3ncc(C)c(OC)c3C)C(=O)OC(C)(C)C)c2)cc1.COC(=O)c1ccc(-c2cc(C)cc(NC(=O)OC(C)(C)C)c2)cc1. The number of carbonyl (C=O) groups is 4. The Morgan fingerprint density at radius 1 is 0.623 bits per heavy atom. The van der Waals surface area contributed by atoms with Gasteiger partial charge in [-0.05, 0) is 151 Å². The van der Waals surface area contributed by atoms with Crippen LogP contribution in [0.3, 0.4) is 0 Å². The summed E-state index contributed by atoms with van der Waals surface area (Å²) < 4.78 is 26.1. The van der Waals surface area contributed by atoms with Crippen molar-refractivity contribution in [3.63, 3.8) is 0 Å². The molecule has 0 saturated carbocycles. The molecule has 0 bridgehead atoms. The molecule has 0 atom stereocenters. The van der Waals surface area contributed by atoms with Crippen molar-refractivity contribution in [3.8, 4) is 28.0 Å². The van der Waals surface area contributed by atoms with Crippen molar-refractivity contribution in [1.29, 1.82) is 0 Å². The molecule has 0 spiro atoms. The highest BCUT2D eigenvalue weighted by Crippen LogP contribution is 2.32. The quantitative estimate of drug-likeness (QED) is 0.113. The number of carbonyl (C=O) groups excluding carboxylic acids is 4. The number of nitrogens with one attached hydrogen (secondary N) is 1. The average molecular weight is 832 g/mol. The van der Waals surface area contributed by atoms with Crippen LogP contribution in [0.5, 0.6) is 5.75 Å². The highest BCUT2D eigenvalue weighted by Gasteiger charge is 2.26. The van der Waals surface area contributed by atoms with E-state index in [0.29, 0.717) is 28.2 Å². The minimum absolute atomic E-state index is 0.210. The van der Waals surface area contributed by atoms with Gasteiger partial charge in [0.25, 0.3) is 0 Å². The third-order valence-electron chi connectivity index (χ3n) is 9.05. The molecule has 0 aliphatic rings. The minimum Gasteiger partial charge on any atom is -0.496 e. The van der Waals surface area contributed by atoms with E-state index in [2.05, 4.69) is 10.3 Å². The Balaban J connectivity index is 0.000000287. The molecule has 0 aliphatic heterocycles. The first kappa shape index (κ1) is 47.0. The summed E-state index contributed by atoms with van der Waals surface area (Å²) in [4.78, 5) is 54.9. The number of aryl methyl sites for hydroxylation is 3. The molecular weight excluding hydrogens is 775 g/mol. The highest BCUT2D eigenvalue weighted by atomic mass is 16.6. The fourth-order valence-electron chi connectivity index (χ4n) is 6.32. The van der Waals surface area contributed by atoms with Gasteiger partial charge in [0.2, 0.25) is 0 Å². The Hall–Kier alpha value is -6.69. The van der Waals surface area contributed by atoms with E-state index >= 15 is 0 Å². The lowest BCUT2D eigenvalue weighted by molar-refractivity contribution is 0.0571. The standard InChI is InChI=1S/C29H34N2O5.C20H23NO4/c1-18-13-23(21-9-11-22(12-10-21)27(32)35-8)15-24(14-18)31(28(33)36-29(4,5)6)17-25-20(3)26(34-7)19(2)16-30-25;1-13-10-16(14-6-8-15(9-7-14)18(22)24-5)12-17(11-13)21-19(23)25-20(2,3)4/h9-16H,17H2,1-8H3;6-12H,1-5H3,(H,21,23). The van der Waals surface area contributed by atoms with Gasteiger partial charge in [0.05, 0.1) is 44.7 Å². The molecule has 0 fully saturated rings. The zero-order valence-electron chi connectivity index (χ0n) is 37.4. The normalized spacial score (nSPS) is 11.0. The second kappa shape index (κ2) is 20.0. The van der Waals surface area contributed by atoms with Crippen LogP contribution in [-0.2, 0) is 25.5 Å². The first-order valence-electron chi connectivity index (χ1n) is 19.7. The van der Waals surface area contributed by atoms with E-state index in [4.69, 9.17) is 23.7 Å². The number of rotatable bonds is 9. The third-order valence-corrected chi connectivity index (χ3v) is 9.05. The number of esters is 2. The molecule has 0 unspecified atom stereocenters. The number of amides is 2. The second-order valence-corrected chi connectivity index (χ2v) is 16.5. The lowest BCUT2D eigenvalue weighted by Crippen LogP contribution is -2.37. The van der Waals surface area contributed by atoms with Crippen LogP contribution in [0, 0.1) is 27.7 Å². The zero-order valence-corrected chi connectivity index (χ0v) is 37.4. The smallest absolute Gasteiger partial charge is 0.415 e. The summed E-state index contributed by atoms with van der Waals surface area (Å²) in [5.41, 5.74) is 9.24. The molecule has 2 amide bonds. The van der Waals surface area contributed by atoms with Crippen molar-refractivity contribution < 1.29 is 42.9 Å². The van der Waals surface area contributed by atoms with Crippen LogP contribution in [0.4, 0.5) is 21.0 Å². The molecule has 5 aromatic rings. The number of nitrogens with zero attached hydrogens (tertiary/aromatic N) is 2. The van der Waals surface area contributed by atoms with Crippen molar-refractivity contribution in [3.05, 3.63) is 130 Å². The number of aromatic nitrogens is 1. The number of benzene rings is 4. The van der Waals surface area contributed by atoms with Gasteiger partial charge in [0.1, 0.15) is 17.0 Å². The van der Waals surface area contributed by atoms with Gasteiger partial charge in [0.15, 0.2) is 0 Å². The molecule has 12 nitrogen and oxygen atoms in total. The number of pyridine rings is 1. The second-order valence-electron chi connectivity index (χ2n) is 16.5. The van der Waals surface area contributed by atoms with E-state index in [0.717, 1.165) is 50.3 Å². The van der Waals surface area contributed by atoms with E-state index in [-0.39, 0.29) is 18.5 Å². The summed E-state index contributed by atoms with van der Waals surface area (Å²) in [5.74, 6) is -0.0122. The molecule has 0 saturated heterocycles. The predicted molar refractivity (Wildman–Crippen MR) is 238 cm³/mol. The maximum absolute atomic E-state index is 13.4. The summed E-state index contributed by atoms with van der Waals surface area (Å²) in [5, 5.41) is 2.75. The molecule has 0 radical (unpaired) electrons. The summed E-state index contributed by atoms with van der Waals surface area (Å²) in [6.45, 7) is 19.0. The fraction of sp³-hybridized carbons (Fsp3) is 0.327. The Morgan fingerprint density at radius 3 is 1.59 bits per heavy atom. The number of ether oxygens (including phenoxy) is 5. The van der Waals surface area contributed by atoms with Crippen molar-refractivity contribution in [1.82, 2.24) is 4.98 Å². The third kappa shape index (κ3) is 13.4. The molecular formula is C49H57N3O9. The van der Waals surface area contributed by atoms with Crippen molar-refractivity contribution >= 4 is 35.5 Å². The summed E-state index contributed by atoms with van der Waals surface area (Å²) in [6.07, 6.45) is 0.782. The van der Waals surface area contributed by atoms with Crippen LogP contribution in [0.25, 0.3) is 22.3 Å². The van der Waals surface area contributed by atoms with Crippen LogP contribution in [-0.4, -0.2) is 61.6 Å². The van der Waals surface area contributed by atoms with Crippen LogP contribution < -0.4 is 15.0 Å². The maximum Gasteiger partial charge on any atom is 0.415 e. The molecule has 5 rings (SSSR count). The zero-order chi connectivity index (χ0) is 45.2. The van der Waals surface area contributed by atoms with Crippen LogP contribution in [0.1, 0.15) is 90.2 Å². The molecule has 1 heterocycles. The monoisotopic (exact) mass is 831 g/mol. The van der Waals surface area contributed by atoms with Gasteiger partial charge in [-0.15, -0.1) is 0 Å². The Bertz CT molecular complexity index is 2360. The molecule has 1 aromatic heterocycles. The first-order valence-corrected chi connectivity index (χ1v) is 19.7. The van der Waals surface area contributed by atoms with Gasteiger partial charge in [0, 0.05) is 28.7 Å². The average Bonchev–Trinajstić information content (AvgIpc) is 3.18. The first-order chi connectivity index (χ1) is 28.6. The summed E-state index contributed by atoms with van der Waals surface area (Å²) >= 11 is 0. The van der Waals surface area contributed by atoms with E-state index < -0.39 is 23.4 Å².